The number of hydrogen-bond acceptors (Lipinski definition) is 5. The van der Waals surface area contributed by atoms with Crippen molar-refractivity contribution in [3.63, 3.8) is 0 Å². The number of nitrogens with one attached hydrogen (secondary N) is 1. The van der Waals surface area contributed by atoms with Crippen molar-refractivity contribution in [1.29, 1.82) is 5.26 Å². The van der Waals surface area contributed by atoms with Crippen molar-refractivity contribution in [2.75, 3.05) is 20.3 Å². The maximum atomic E-state index is 9.73. The maximum Gasteiger partial charge on any atom is 0.124 e. The number of benzene rings is 1. The summed E-state index contributed by atoms with van der Waals surface area (Å²) in [5.74, 6) is 1.07. The van der Waals surface area contributed by atoms with E-state index in [4.69, 9.17) is 14.7 Å². The molecule has 1 rings (SSSR count). The predicted molar refractivity (Wildman–Crippen MR) is 72.3 cm³/mol. The molecule has 0 fully saturated rings. The van der Waals surface area contributed by atoms with E-state index < -0.39 is 6.10 Å². The summed E-state index contributed by atoms with van der Waals surface area (Å²) in [4.78, 5) is 0. The number of methoxy groups -OCH3 is 1. The summed E-state index contributed by atoms with van der Waals surface area (Å²) >= 11 is 0. The lowest BCUT2D eigenvalue weighted by Gasteiger charge is -2.15. The van der Waals surface area contributed by atoms with Crippen LogP contribution in [0.15, 0.2) is 18.2 Å². The van der Waals surface area contributed by atoms with E-state index in [0.29, 0.717) is 29.6 Å². The predicted octanol–water partition coefficient (Wildman–Crippen LogP) is 1.30. The third-order valence-corrected chi connectivity index (χ3v) is 2.45. The van der Waals surface area contributed by atoms with Gasteiger partial charge in [0.15, 0.2) is 0 Å². The highest BCUT2D eigenvalue weighted by Crippen LogP contribution is 2.22. The van der Waals surface area contributed by atoms with Gasteiger partial charge >= 0.3 is 0 Å². The molecule has 2 N–H and O–H groups in total. The molecular weight excluding hydrogens is 244 g/mol. The third kappa shape index (κ3) is 5.60. The summed E-state index contributed by atoms with van der Waals surface area (Å²) in [7, 11) is 1.53. The average molecular weight is 264 g/mol. The van der Waals surface area contributed by atoms with Crippen molar-refractivity contribution in [3.8, 4) is 17.6 Å². The zero-order chi connectivity index (χ0) is 14.3. The summed E-state index contributed by atoms with van der Waals surface area (Å²) in [6, 6.07) is 7.28. The van der Waals surface area contributed by atoms with Crippen molar-refractivity contribution in [2.45, 2.75) is 26.0 Å². The molecule has 0 spiro atoms. The Morgan fingerprint density at radius 2 is 2.00 bits per heavy atom. The molecule has 0 radical (unpaired) electrons. The summed E-state index contributed by atoms with van der Waals surface area (Å²) < 4.78 is 10.5. The third-order valence-electron chi connectivity index (χ3n) is 2.45. The first-order chi connectivity index (χ1) is 9.05. The lowest BCUT2D eigenvalue weighted by molar-refractivity contribution is 0.104. The Kier molecular flexibility index (Phi) is 6.13. The Morgan fingerprint density at radius 1 is 1.32 bits per heavy atom. The van der Waals surface area contributed by atoms with Crippen LogP contribution >= 0.6 is 0 Å². The van der Waals surface area contributed by atoms with Gasteiger partial charge in [-0.1, -0.05) is 13.8 Å². The molecule has 104 valence electrons. The van der Waals surface area contributed by atoms with Crippen molar-refractivity contribution >= 4 is 0 Å². The molecule has 1 atom stereocenters. The molecule has 0 aliphatic heterocycles. The molecule has 0 aliphatic rings. The van der Waals surface area contributed by atoms with Gasteiger partial charge < -0.3 is 19.9 Å². The van der Waals surface area contributed by atoms with Crippen LogP contribution in [0.25, 0.3) is 0 Å². The van der Waals surface area contributed by atoms with Crippen molar-refractivity contribution < 1.29 is 14.6 Å². The van der Waals surface area contributed by atoms with Crippen LogP contribution < -0.4 is 14.8 Å². The van der Waals surface area contributed by atoms with Gasteiger partial charge in [-0.3, -0.25) is 0 Å². The largest absolute Gasteiger partial charge is 0.497 e. The van der Waals surface area contributed by atoms with Crippen LogP contribution in [-0.4, -0.2) is 37.5 Å². The quantitative estimate of drug-likeness (QED) is 0.776. The Hall–Kier alpha value is -1.77. The molecule has 19 heavy (non-hydrogen) atoms. The van der Waals surface area contributed by atoms with E-state index in [1.807, 2.05) is 19.9 Å². The van der Waals surface area contributed by atoms with E-state index in [2.05, 4.69) is 5.32 Å². The number of rotatable bonds is 7. The highest BCUT2D eigenvalue weighted by Gasteiger charge is 2.07. The summed E-state index contributed by atoms with van der Waals surface area (Å²) in [6.07, 6.45) is -0.598. The van der Waals surface area contributed by atoms with Crippen LogP contribution in [0.2, 0.25) is 0 Å². The van der Waals surface area contributed by atoms with E-state index >= 15 is 0 Å². The van der Waals surface area contributed by atoms with Gasteiger partial charge in [-0.15, -0.1) is 0 Å². The summed E-state index contributed by atoms with van der Waals surface area (Å²) in [6.45, 7) is 4.65. The molecule has 1 aromatic rings. The number of aliphatic hydroxyl groups excluding tert-OH is 1. The van der Waals surface area contributed by atoms with E-state index in [0.717, 1.165) is 0 Å². The first-order valence-electron chi connectivity index (χ1n) is 6.18. The molecule has 0 aromatic heterocycles. The molecule has 5 nitrogen and oxygen atoms in total. The standard InChI is InChI=1S/C14H20N2O3/c1-10(2)16-8-12(17)9-19-14-5-11(7-15)4-13(6-14)18-3/h4-6,10,12,16-17H,8-9H2,1-3H3. The van der Waals surface area contributed by atoms with E-state index in [9.17, 15) is 5.11 Å². The zero-order valence-electron chi connectivity index (χ0n) is 11.5. The summed E-state index contributed by atoms with van der Waals surface area (Å²) in [5, 5.41) is 21.7. The van der Waals surface area contributed by atoms with Crippen molar-refractivity contribution in [1.82, 2.24) is 5.32 Å². The van der Waals surface area contributed by atoms with Gasteiger partial charge in [0.25, 0.3) is 0 Å². The van der Waals surface area contributed by atoms with E-state index in [-0.39, 0.29) is 6.61 Å². The van der Waals surface area contributed by atoms with Gasteiger partial charge in [-0.2, -0.15) is 5.26 Å². The van der Waals surface area contributed by atoms with Gasteiger partial charge in [0.05, 0.1) is 18.7 Å². The Labute approximate surface area is 113 Å². The Balaban J connectivity index is 2.55. The number of hydrogen-bond donors (Lipinski definition) is 2. The SMILES string of the molecule is COc1cc(C#N)cc(OCC(O)CNC(C)C)c1. The van der Waals surface area contributed by atoms with Crippen LogP contribution in [0.3, 0.4) is 0 Å². The minimum absolute atomic E-state index is 0.164. The smallest absolute Gasteiger partial charge is 0.124 e. The Morgan fingerprint density at radius 3 is 2.58 bits per heavy atom. The van der Waals surface area contributed by atoms with Gasteiger partial charge in [0.1, 0.15) is 24.2 Å². The molecule has 0 bridgehead atoms. The molecule has 0 aliphatic carbocycles. The molecule has 0 amide bonds. The topological polar surface area (TPSA) is 74.5 Å². The van der Waals surface area contributed by atoms with Crippen LogP contribution in [0, 0.1) is 11.3 Å². The maximum absolute atomic E-state index is 9.73. The second kappa shape index (κ2) is 7.62. The van der Waals surface area contributed by atoms with Crippen LogP contribution in [0.1, 0.15) is 19.4 Å². The molecule has 5 heteroatoms. The van der Waals surface area contributed by atoms with Crippen LogP contribution in [0.5, 0.6) is 11.5 Å². The lowest BCUT2D eigenvalue weighted by Crippen LogP contribution is -2.35. The fourth-order valence-corrected chi connectivity index (χ4v) is 1.46. The number of nitriles is 1. The van der Waals surface area contributed by atoms with Gasteiger partial charge in [-0.25, -0.2) is 0 Å². The van der Waals surface area contributed by atoms with Gasteiger partial charge in [0.2, 0.25) is 0 Å². The second-order valence-electron chi connectivity index (χ2n) is 4.54. The first kappa shape index (κ1) is 15.3. The lowest BCUT2D eigenvalue weighted by atomic mass is 10.2. The van der Waals surface area contributed by atoms with Gasteiger partial charge in [-0.05, 0) is 12.1 Å². The minimum Gasteiger partial charge on any atom is -0.497 e. The van der Waals surface area contributed by atoms with Crippen molar-refractivity contribution in [3.05, 3.63) is 23.8 Å². The fourth-order valence-electron chi connectivity index (χ4n) is 1.46. The zero-order valence-corrected chi connectivity index (χ0v) is 11.5. The molecule has 1 aromatic carbocycles. The highest BCUT2D eigenvalue weighted by atomic mass is 16.5. The first-order valence-corrected chi connectivity index (χ1v) is 6.18. The number of aliphatic hydroxyl groups is 1. The van der Waals surface area contributed by atoms with E-state index in [1.54, 1.807) is 18.2 Å². The minimum atomic E-state index is -0.598. The Bertz CT molecular complexity index is 441. The fraction of sp³-hybridized carbons (Fsp3) is 0.500. The monoisotopic (exact) mass is 264 g/mol. The van der Waals surface area contributed by atoms with Crippen LogP contribution in [-0.2, 0) is 0 Å². The van der Waals surface area contributed by atoms with Crippen molar-refractivity contribution in [2.24, 2.45) is 0 Å². The molecule has 0 saturated carbocycles. The molecule has 1 unspecified atom stereocenters. The highest BCUT2D eigenvalue weighted by molar-refractivity contribution is 5.43. The molecular formula is C14H20N2O3. The molecule has 0 saturated heterocycles. The van der Waals surface area contributed by atoms with Crippen LogP contribution in [0.4, 0.5) is 0 Å². The number of nitrogens with zero attached hydrogens (tertiary/aromatic N) is 1. The van der Waals surface area contributed by atoms with Gasteiger partial charge in [0, 0.05) is 18.7 Å². The molecule has 0 heterocycles. The normalized spacial score (nSPS) is 12.0. The number of ether oxygens (including phenoxy) is 2. The average Bonchev–Trinajstić information content (AvgIpc) is 2.42. The second-order valence-corrected chi connectivity index (χ2v) is 4.54. The summed E-state index contributed by atoms with van der Waals surface area (Å²) in [5.41, 5.74) is 0.462. The van der Waals surface area contributed by atoms with E-state index in [1.165, 1.54) is 7.11 Å².